The summed E-state index contributed by atoms with van der Waals surface area (Å²) in [7, 11) is 0. The molecule has 2 unspecified atom stereocenters. The second-order valence-electron chi connectivity index (χ2n) is 8.35. The molecule has 0 spiro atoms. The maximum absolute atomic E-state index is 9.69. The lowest BCUT2D eigenvalue weighted by Crippen LogP contribution is -2.58. The van der Waals surface area contributed by atoms with Gasteiger partial charge in [0.15, 0.2) is 5.82 Å². The van der Waals surface area contributed by atoms with Crippen molar-refractivity contribution in [2.45, 2.75) is 83.4 Å². The van der Waals surface area contributed by atoms with E-state index in [1.165, 1.54) is 6.42 Å². The number of tetrazole rings is 1. The zero-order chi connectivity index (χ0) is 19.9. The molecule has 2 fully saturated rings. The first-order chi connectivity index (χ1) is 13.7. The van der Waals surface area contributed by atoms with Crippen LogP contribution in [0, 0.1) is 5.41 Å². The number of hydrogen-bond acceptors (Lipinski definition) is 7. The van der Waals surface area contributed by atoms with Crippen molar-refractivity contribution >= 4 is 0 Å². The van der Waals surface area contributed by atoms with Crippen LogP contribution >= 0.6 is 0 Å². The third-order valence-corrected chi connectivity index (χ3v) is 6.63. The Morgan fingerprint density at radius 2 is 2.07 bits per heavy atom. The molecule has 3 rings (SSSR count). The van der Waals surface area contributed by atoms with E-state index in [0.717, 1.165) is 83.7 Å². The number of ether oxygens (including phenoxy) is 2. The van der Waals surface area contributed by atoms with Crippen LogP contribution in [0.2, 0.25) is 0 Å². The van der Waals surface area contributed by atoms with Crippen molar-refractivity contribution in [2.24, 2.45) is 5.41 Å². The average molecular weight is 396 g/mol. The molecule has 0 amide bonds. The lowest BCUT2D eigenvalue weighted by molar-refractivity contribution is -0.0640. The minimum absolute atomic E-state index is 0.0467. The molecular formula is C20H37N5O3. The zero-order valence-electron chi connectivity index (χ0n) is 17.5. The summed E-state index contributed by atoms with van der Waals surface area (Å²) in [5, 5.41) is 26.3. The summed E-state index contributed by atoms with van der Waals surface area (Å²) in [5.41, 5.74) is -0.370. The van der Waals surface area contributed by atoms with Crippen molar-refractivity contribution in [3.63, 3.8) is 0 Å². The van der Waals surface area contributed by atoms with Gasteiger partial charge in [-0.1, -0.05) is 13.8 Å². The van der Waals surface area contributed by atoms with E-state index < -0.39 is 5.54 Å². The van der Waals surface area contributed by atoms with E-state index >= 15 is 0 Å². The molecule has 1 aromatic heterocycles. The molecule has 160 valence electrons. The molecule has 8 nitrogen and oxygen atoms in total. The van der Waals surface area contributed by atoms with E-state index in [2.05, 4.69) is 34.7 Å². The monoisotopic (exact) mass is 395 g/mol. The van der Waals surface area contributed by atoms with Gasteiger partial charge in [0.25, 0.3) is 0 Å². The first-order valence-electron chi connectivity index (χ1n) is 11.0. The van der Waals surface area contributed by atoms with E-state index in [9.17, 15) is 5.11 Å². The summed E-state index contributed by atoms with van der Waals surface area (Å²) in [6, 6.07) is 0. The summed E-state index contributed by atoms with van der Waals surface area (Å²) < 4.78 is 13.8. The molecule has 0 aromatic carbocycles. The zero-order valence-corrected chi connectivity index (χ0v) is 17.5. The quantitative estimate of drug-likeness (QED) is 0.626. The third-order valence-electron chi connectivity index (χ3n) is 6.63. The summed E-state index contributed by atoms with van der Waals surface area (Å²) >= 11 is 0. The molecule has 0 bridgehead atoms. The third kappa shape index (κ3) is 4.56. The first kappa shape index (κ1) is 21.6. The fraction of sp³-hybridized carbons (Fsp3) is 0.950. The Balaban J connectivity index is 1.89. The van der Waals surface area contributed by atoms with Crippen LogP contribution in [0.4, 0.5) is 0 Å². The number of aromatic nitrogens is 4. The maximum Gasteiger partial charge on any atom is 0.174 e. The van der Waals surface area contributed by atoms with Crippen LogP contribution in [-0.2, 0) is 21.6 Å². The van der Waals surface area contributed by atoms with Crippen molar-refractivity contribution in [3.8, 4) is 0 Å². The van der Waals surface area contributed by atoms with Gasteiger partial charge in [-0.3, -0.25) is 0 Å². The predicted molar refractivity (Wildman–Crippen MR) is 106 cm³/mol. The Kier molecular flexibility index (Phi) is 7.79. The van der Waals surface area contributed by atoms with Crippen LogP contribution < -0.4 is 5.32 Å². The lowest BCUT2D eigenvalue weighted by Gasteiger charge is -2.45. The fourth-order valence-corrected chi connectivity index (χ4v) is 4.77. The number of nitrogens with zero attached hydrogens (tertiary/aromatic N) is 4. The average Bonchev–Trinajstić information content (AvgIpc) is 3.20. The molecule has 2 atom stereocenters. The number of aryl methyl sites for hydroxylation is 1. The van der Waals surface area contributed by atoms with E-state index in [0.29, 0.717) is 0 Å². The Labute approximate surface area is 168 Å². The standard InChI is InChI=1S/C20H37N5O3/c1-3-11-25-18(22-23-24-25)20(4-2,17-7-5-6-13-28-17)21-16-19(8-12-26)9-14-27-15-10-19/h17,21,26H,3-16H2,1-2H3. The summed E-state index contributed by atoms with van der Waals surface area (Å²) in [4.78, 5) is 0. The molecule has 0 aliphatic carbocycles. The SMILES string of the molecule is CCCn1nnnc1C(CC)(NCC1(CCO)CCOCC1)C1CCCCO1. The molecular weight excluding hydrogens is 358 g/mol. The molecule has 2 aliphatic heterocycles. The lowest BCUT2D eigenvalue weighted by atomic mass is 9.75. The number of nitrogens with one attached hydrogen (secondary N) is 1. The molecule has 1 aromatic rings. The summed E-state index contributed by atoms with van der Waals surface area (Å²) in [6.45, 7) is 8.45. The Hall–Kier alpha value is -1.09. The van der Waals surface area contributed by atoms with Gasteiger partial charge in [0.2, 0.25) is 0 Å². The predicted octanol–water partition coefficient (Wildman–Crippen LogP) is 2.03. The molecule has 28 heavy (non-hydrogen) atoms. The van der Waals surface area contributed by atoms with E-state index in [1.807, 2.05) is 4.68 Å². The van der Waals surface area contributed by atoms with Crippen molar-refractivity contribution < 1.29 is 14.6 Å². The van der Waals surface area contributed by atoms with Gasteiger partial charge in [-0.2, -0.15) is 0 Å². The van der Waals surface area contributed by atoms with E-state index in [-0.39, 0.29) is 18.1 Å². The first-order valence-corrected chi connectivity index (χ1v) is 11.0. The van der Waals surface area contributed by atoms with Gasteiger partial charge in [-0.05, 0) is 67.2 Å². The second kappa shape index (κ2) is 10.1. The van der Waals surface area contributed by atoms with E-state index in [4.69, 9.17) is 9.47 Å². The Bertz CT molecular complexity index is 579. The van der Waals surface area contributed by atoms with Crippen LogP contribution in [0.3, 0.4) is 0 Å². The molecule has 8 heteroatoms. The van der Waals surface area contributed by atoms with Crippen molar-refractivity contribution in [2.75, 3.05) is 33.0 Å². The molecule has 3 heterocycles. The Morgan fingerprint density at radius 3 is 2.71 bits per heavy atom. The van der Waals surface area contributed by atoms with Crippen molar-refractivity contribution in [1.82, 2.24) is 25.5 Å². The largest absolute Gasteiger partial charge is 0.396 e. The molecule has 0 radical (unpaired) electrons. The smallest absolute Gasteiger partial charge is 0.174 e. The van der Waals surface area contributed by atoms with Crippen LogP contribution in [0.25, 0.3) is 0 Å². The van der Waals surface area contributed by atoms with Gasteiger partial charge < -0.3 is 19.9 Å². The van der Waals surface area contributed by atoms with Crippen molar-refractivity contribution in [1.29, 1.82) is 0 Å². The highest BCUT2D eigenvalue weighted by Crippen LogP contribution is 2.38. The van der Waals surface area contributed by atoms with Crippen LogP contribution in [0.15, 0.2) is 0 Å². The van der Waals surface area contributed by atoms with E-state index in [1.54, 1.807) is 0 Å². The topological polar surface area (TPSA) is 94.3 Å². The van der Waals surface area contributed by atoms with Gasteiger partial charge in [0.05, 0.1) is 6.10 Å². The molecule has 0 saturated carbocycles. The van der Waals surface area contributed by atoms with Gasteiger partial charge >= 0.3 is 0 Å². The highest BCUT2D eigenvalue weighted by Gasteiger charge is 2.46. The second-order valence-corrected chi connectivity index (χ2v) is 8.35. The number of hydrogen-bond donors (Lipinski definition) is 2. The highest BCUT2D eigenvalue weighted by molar-refractivity contribution is 5.11. The number of aliphatic hydroxyl groups is 1. The maximum atomic E-state index is 9.69. The number of aliphatic hydroxyl groups excluding tert-OH is 1. The van der Waals surface area contributed by atoms with Crippen LogP contribution in [0.1, 0.15) is 71.0 Å². The summed E-state index contributed by atoms with van der Waals surface area (Å²) in [6.07, 6.45) is 7.89. The van der Waals surface area contributed by atoms with Gasteiger partial charge in [0.1, 0.15) is 5.54 Å². The van der Waals surface area contributed by atoms with Crippen molar-refractivity contribution in [3.05, 3.63) is 5.82 Å². The summed E-state index contributed by atoms with van der Waals surface area (Å²) in [5.74, 6) is 0.884. The fourth-order valence-electron chi connectivity index (χ4n) is 4.77. The Morgan fingerprint density at radius 1 is 1.25 bits per heavy atom. The highest BCUT2D eigenvalue weighted by atomic mass is 16.5. The van der Waals surface area contributed by atoms with Crippen LogP contribution in [-0.4, -0.2) is 64.4 Å². The van der Waals surface area contributed by atoms with Gasteiger partial charge in [-0.15, -0.1) is 5.10 Å². The van der Waals surface area contributed by atoms with Gasteiger partial charge in [0, 0.05) is 39.5 Å². The number of rotatable bonds is 10. The van der Waals surface area contributed by atoms with Crippen LogP contribution in [0.5, 0.6) is 0 Å². The minimum atomic E-state index is -0.417. The molecule has 2 aliphatic rings. The normalized spacial score (nSPS) is 24.8. The minimum Gasteiger partial charge on any atom is -0.396 e. The van der Waals surface area contributed by atoms with Gasteiger partial charge in [-0.25, -0.2) is 4.68 Å². The molecule has 2 saturated heterocycles. The molecule has 2 N–H and O–H groups in total.